The molecule has 0 N–H and O–H groups in total. The van der Waals surface area contributed by atoms with E-state index in [1.807, 2.05) is 6.92 Å². The van der Waals surface area contributed by atoms with Crippen LogP contribution in [-0.4, -0.2) is 24.7 Å². The first-order valence-corrected chi connectivity index (χ1v) is 6.27. The van der Waals surface area contributed by atoms with E-state index in [9.17, 15) is 4.79 Å². The molecule has 0 bridgehead atoms. The second-order valence-electron chi connectivity index (χ2n) is 3.67. The number of esters is 1. The van der Waals surface area contributed by atoms with Crippen LogP contribution in [0.5, 0.6) is 0 Å². The molecule has 1 saturated heterocycles. The van der Waals surface area contributed by atoms with E-state index in [0.29, 0.717) is 4.88 Å². The van der Waals surface area contributed by atoms with E-state index in [4.69, 9.17) is 9.47 Å². The molecule has 1 aromatic heterocycles. The first-order chi connectivity index (χ1) is 7.76. The molecule has 0 aliphatic carbocycles. The van der Waals surface area contributed by atoms with E-state index in [0.717, 1.165) is 36.6 Å². The summed E-state index contributed by atoms with van der Waals surface area (Å²) in [4.78, 5) is 16.6. The van der Waals surface area contributed by atoms with Gasteiger partial charge in [-0.25, -0.2) is 9.78 Å². The Hall–Kier alpha value is -0.940. The van der Waals surface area contributed by atoms with Crippen molar-refractivity contribution in [1.29, 1.82) is 0 Å². The van der Waals surface area contributed by atoms with Crippen LogP contribution in [0.2, 0.25) is 0 Å². The van der Waals surface area contributed by atoms with E-state index in [1.165, 1.54) is 18.4 Å². The number of nitrogens with zero attached hydrogens (tertiary/aromatic N) is 1. The van der Waals surface area contributed by atoms with E-state index >= 15 is 0 Å². The Kier molecular flexibility index (Phi) is 3.56. The maximum absolute atomic E-state index is 11.5. The van der Waals surface area contributed by atoms with Gasteiger partial charge < -0.3 is 9.47 Å². The zero-order valence-corrected chi connectivity index (χ0v) is 10.3. The SMILES string of the molecule is CCc1nc(C2CCCO2)sc1C(=O)OC. The van der Waals surface area contributed by atoms with Gasteiger partial charge in [0.25, 0.3) is 0 Å². The molecule has 0 aromatic carbocycles. The van der Waals surface area contributed by atoms with Crippen molar-refractivity contribution in [3.63, 3.8) is 0 Å². The number of carbonyl (C=O) groups is 1. The summed E-state index contributed by atoms with van der Waals surface area (Å²) in [5.41, 5.74) is 0.822. The third-order valence-electron chi connectivity index (χ3n) is 2.62. The topological polar surface area (TPSA) is 48.4 Å². The van der Waals surface area contributed by atoms with Crippen molar-refractivity contribution in [2.75, 3.05) is 13.7 Å². The van der Waals surface area contributed by atoms with Crippen molar-refractivity contribution in [3.05, 3.63) is 15.6 Å². The molecule has 0 amide bonds. The van der Waals surface area contributed by atoms with Gasteiger partial charge in [-0.05, 0) is 19.3 Å². The normalized spacial score (nSPS) is 20.0. The molecule has 1 fully saturated rings. The third-order valence-corrected chi connectivity index (χ3v) is 3.79. The summed E-state index contributed by atoms with van der Waals surface area (Å²) in [7, 11) is 1.40. The fourth-order valence-electron chi connectivity index (χ4n) is 1.77. The van der Waals surface area contributed by atoms with Gasteiger partial charge in [-0.1, -0.05) is 6.92 Å². The molecule has 1 aliphatic rings. The minimum atomic E-state index is -0.293. The molecule has 16 heavy (non-hydrogen) atoms. The zero-order valence-electron chi connectivity index (χ0n) is 9.49. The zero-order chi connectivity index (χ0) is 11.5. The van der Waals surface area contributed by atoms with Crippen molar-refractivity contribution in [2.45, 2.75) is 32.3 Å². The van der Waals surface area contributed by atoms with Crippen molar-refractivity contribution in [1.82, 2.24) is 4.98 Å². The van der Waals surface area contributed by atoms with Crippen molar-refractivity contribution in [3.8, 4) is 0 Å². The van der Waals surface area contributed by atoms with Crippen LogP contribution in [0.1, 0.15) is 46.2 Å². The molecule has 1 aromatic rings. The molecule has 0 radical (unpaired) electrons. The van der Waals surface area contributed by atoms with Gasteiger partial charge in [-0.3, -0.25) is 0 Å². The number of methoxy groups -OCH3 is 1. The predicted molar refractivity (Wildman–Crippen MR) is 60.8 cm³/mol. The summed E-state index contributed by atoms with van der Waals surface area (Å²) in [5, 5.41) is 0.912. The monoisotopic (exact) mass is 241 g/mol. The van der Waals surface area contributed by atoms with Gasteiger partial charge in [0.1, 0.15) is 16.0 Å². The lowest BCUT2D eigenvalue weighted by Gasteiger charge is -2.03. The third kappa shape index (κ3) is 2.10. The van der Waals surface area contributed by atoms with E-state index in [-0.39, 0.29) is 12.1 Å². The maximum atomic E-state index is 11.5. The van der Waals surface area contributed by atoms with Gasteiger partial charge in [-0.15, -0.1) is 11.3 Å². The Morgan fingerprint density at radius 3 is 3.06 bits per heavy atom. The van der Waals surface area contributed by atoms with E-state index < -0.39 is 0 Å². The highest BCUT2D eigenvalue weighted by Gasteiger charge is 2.25. The Morgan fingerprint density at radius 2 is 2.50 bits per heavy atom. The van der Waals surface area contributed by atoms with Crippen LogP contribution in [0.3, 0.4) is 0 Å². The summed E-state index contributed by atoms with van der Waals surface area (Å²) in [6.07, 6.45) is 2.89. The molecule has 88 valence electrons. The van der Waals surface area contributed by atoms with Gasteiger partial charge >= 0.3 is 5.97 Å². The fourth-order valence-corrected chi connectivity index (χ4v) is 2.93. The summed E-state index contributed by atoms with van der Waals surface area (Å²) in [6.45, 7) is 2.78. The quantitative estimate of drug-likeness (QED) is 0.762. The van der Waals surface area contributed by atoms with Crippen LogP contribution in [0.25, 0.3) is 0 Å². The minimum Gasteiger partial charge on any atom is -0.465 e. The Labute approximate surface area is 98.6 Å². The van der Waals surface area contributed by atoms with Crippen LogP contribution in [-0.2, 0) is 15.9 Å². The molecule has 5 heteroatoms. The molecular weight excluding hydrogens is 226 g/mol. The molecule has 0 saturated carbocycles. The molecule has 1 aliphatic heterocycles. The lowest BCUT2D eigenvalue weighted by atomic mass is 10.2. The number of hydrogen-bond donors (Lipinski definition) is 0. The average Bonchev–Trinajstić information content (AvgIpc) is 2.95. The number of ether oxygens (including phenoxy) is 2. The second kappa shape index (κ2) is 4.93. The lowest BCUT2D eigenvalue weighted by molar-refractivity contribution is 0.0605. The molecule has 2 rings (SSSR count). The molecule has 0 spiro atoms. The number of thiazole rings is 1. The summed E-state index contributed by atoms with van der Waals surface area (Å²) < 4.78 is 10.3. The standard InChI is InChI=1S/C11H15NO3S/c1-3-7-9(11(13)14-2)16-10(12-7)8-5-4-6-15-8/h8H,3-6H2,1-2H3. The van der Waals surface area contributed by atoms with Gasteiger partial charge in [0, 0.05) is 6.61 Å². The molecule has 1 unspecified atom stereocenters. The maximum Gasteiger partial charge on any atom is 0.349 e. The number of rotatable bonds is 3. The van der Waals surface area contributed by atoms with E-state index in [1.54, 1.807) is 0 Å². The van der Waals surface area contributed by atoms with Gasteiger partial charge in [0.05, 0.1) is 12.8 Å². The Bertz CT molecular complexity index is 383. The Balaban J connectivity index is 2.27. The van der Waals surface area contributed by atoms with Crippen molar-refractivity contribution >= 4 is 17.3 Å². The van der Waals surface area contributed by atoms with E-state index in [2.05, 4.69) is 4.98 Å². The fraction of sp³-hybridized carbons (Fsp3) is 0.636. The highest BCUT2D eigenvalue weighted by molar-refractivity contribution is 7.13. The van der Waals surface area contributed by atoms with Crippen LogP contribution < -0.4 is 0 Å². The summed E-state index contributed by atoms with van der Waals surface area (Å²) in [5.74, 6) is -0.293. The minimum absolute atomic E-state index is 0.0775. The largest absolute Gasteiger partial charge is 0.465 e. The first kappa shape index (κ1) is 11.5. The first-order valence-electron chi connectivity index (χ1n) is 5.45. The number of hydrogen-bond acceptors (Lipinski definition) is 5. The van der Waals surface area contributed by atoms with Crippen LogP contribution in [0.4, 0.5) is 0 Å². The van der Waals surface area contributed by atoms with Crippen LogP contribution >= 0.6 is 11.3 Å². The van der Waals surface area contributed by atoms with Crippen LogP contribution in [0.15, 0.2) is 0 Å². The molecular formula is C11H15NO3S. The Morgan fingerprint density at radius 1 is 1.69 bits per heavy atom. The van der Waals surface area contributed by atoms with Gasteiger partial charge in [0.2, 0.25) is 0 Å². The smallest absolute Gasteiger partial charge is 0.349 e. The number of aromatic nitrogens is 1. The number of aryl methyl sites for hydroxylation is 1. The molecule has 4 nitrogen and oxygen atoms in total. The average molecular weight is 241 g/mol. The van der Waals surface area contributed by atoms with Crippen molar-refractivity contribution in [2.24, 2.45) is 0 Å². The second-order valence-corrected chi connectivity index (χ2v) is 4.71. The summed E-state index contributed by atoms with van der Waals surface area (Å²) >= 11 is 1.40. The highest BCUT2D eigenvalue weighted by atomic mass is 32.1. The lowest BCUT2D eigenvalue weighted by Crippen LogP contribution is -2.01. The van der Waals surface area contributed by atoms with Crippen LogP contribution in [0, 0.1) is 0 Å². The van der Waals surface area contributed by atoms with Gasteiger partial charge in [0.15, 0.2) is 0 Å². The number of carbonyl (C=O) groups excluding carboxylic acids is 1. The van der Waals surface area contributed by atoms with Crippen molar-refractivity contribution < 1.29 is 14.3 Å². The summed E-state index contributed by atoms with van der Waals surface area (Å²) in [6, 6.07) is 0. The molecule has 2 heterocycles. The van der Waals surface area contributed by atoms with Gasteiger partial charge in [-0.2, -0.15) is 0 Å². The molecule has 1 atom stereocenters. The highest BCUT2D eigenvalue weighted by Crippen LogP contribution is 2.33. The predicted octanol–water partition coefficient (Wildman–Crippen LogP) is 2.34.